The van der Waals surface area contributed by atoms with Crippen LogP contribution >= 0.6 is 0 Å². The number of rotatable bonds is 6. The molecule has 1 aliphatic rings. The van der Waals surface area contributed by atoms with Gasteiger partial charge < -0.3 is 0 Å². The van der Waals surface area contributed by atoms with Crippen molar-refractivity contribution >= 4 is 5.78 Å². The zero-order valence-corrected chi connectivity index (χ0v) is 12.4. The third-order valence-electron chi connectivity index (χ3n) is 4.21. The Morgan fingerprint density at radius 1 is 0.947 bits per heavy atom. The average Bonchev–Trinajstić information content (AvgIpc) is 2.43. The SMILES string of the molecule is CCCCc1ccc(CCCC)c2c1CCCC2=O. The van der Waals surface area contributed by atoms with E-state index < -0.39 is 0 Å². The highest BCUT2D eigenvalue weighted by molar-refractivity contribution is 6.00. The molecule has 0 radical (unpaired) electrons. The van der Waals surface area contributed by atoms with Crippen LogP contribution in [0.5, 0.6) is 0 Å². The fraction of sp³-hybridized carbons (Fsp3) is 0.611. The van der Waals surface area contributed by atoms with Crippen LogP contribution in [0.15, 0.2) is 12.1 Å². The summed E-state index contributed by atoms with van der Waals surface area (Å²) in [5.41, 5.74) is 5.23. The van der Waals surface area contributed by atoms with Crippen LogP contribution < -0.4 is 0 Å². The summed E-state index contributed by atoms with van der Waals surface area (Å²) in [5.74, 6) is 0.394. The van der Waals surface area contributed by atoms with Crippen molar-refractivity contribution in [2.24, 2.45) is 0 Å². The Morgan fingerprint density at radius 3 is 2.26 bits per heavy atom. The quantitative estimate of drug-likeness (QED) is 0.710. The van der Waals surface area contributed by atoms with Crippen LogP contribution in [0.25, 0.3) is 0 Å². The molecule has 0 fully saturated rings. The van der Waals surface area contributed by atoms with Gasteiger partial charge in [-0.05, 0) is 55.2 Å². The van der Waals surface area contributed by atoms with E-state index in [1.807, 2.05) is 0 Å². The first-order valence-electron chi connectivity index (χ1n) is 7.94. The van der Waals surface area contributed by atoms with E-state index in [1.165, 1.54) is 42.4 Å². The lowest BCUT2D eigenvalue weighted by molar-refractivity contribution is 0.0971. The number of hydrogen-bond donors (Lipinski definition) is 0. The summed E-state index contributed by atoms with van der Waals surface area (Å²) in [5, 5.41) is 0. The molecule has 2 rings (SSSR count). The summed E-state index contributed by atoms with van der Waals surface area (Å²) in [6.45, 7) is 4.44. The standard InChI is InChI=1S/C18H26O/c1-3-5-8-14-12-13-15(9-6-4-2)18-16(14)10-7-11-17(18)19/h12-13H,3-11H2,1-2H3. The Kier molecular flexibility index (Phi) is 5.18. The van der Waals surface area contributed by atoms with Gasteiger partial charge in [0.15, 0.2) is 5.78 Å². The van der Waals surface area contributed by atoms with Crippen LogP contribution in [0.3, 0.4) is 0 Å². The Balaban J connectivity index is 2.35. The van der Waals surface area contributed by atoms with Crippen molar-refractivity contribution in [2.45, 2.75) is 71.6 Å². The van der Waals surface area contributed by atoms with Crippen molar-refractivity contribution < 1.29 is 4.79 Å². The van der Waals surface area contributed by atoms with Crippen LogP contribution in [0.2, 0.25) is 0 Å². The largest absolute Gasteiger partial charge is 0.294 e. The smallest absolute Gasteiger partial charge is 0.163 e. The van der Waals surface area contributed by atoms with Gasteiger partial charge in [0.2, 0.25) is 0 Å². The zero-order valence-electron chi connectivity index (χ0n) is 12.4. The van der Waals surface area contributed by atoms with E-state index in [-0.39, 0.29) is 0 Å². The minimum absolute atomic E-state index is 0.394. The van der Waals surface area contributed by atoms with E-state index in [0.717, 1.165) is 37.7 Å². The van der Waals surface area contributed by atoms with E-state index in [1.54, 1.807) is 0 Å². The van der Waals surface area contributed by atoms with E-state index in [4.69, 9.17) is 0 Å². The number of benzene rings is 1. The third-order valence-corrected chi connectivity index (χ3v) is 4.21. The molecule has 1 aromatic carbocycles. The monoisotopic (exact) mass is 258 g/mol. The topological polar surface area (TPSA) is 17.1 Å². The molecule has 0 bridgehead atoms. The number of aryl methyl sites for hydroxylation is 2. The van der Waals surface area contributed by atoms with Gasteiger partial charge >= 0.3 is 0 Å². The van der Waals surface area contributed by atoms with Gasteiger partial charge in [-0.2, -0.15) is 0 Å². The Hall–Kier alpha value is -1.11. The molecule has 1 heteroatoms. The van der Waals surface area contributed by atoms with Crippen molar-refractivity contribution in [1.29, 1.82) is 0 Å². The van der Waals surface area contributed by atoms with Gasteiger partial charge in [0.1, 0.15) is 0 Å². The molecule has 0 saturated carbocycles. The van der Waals surface area contributed by atoms with E-state index in [2.05, 4.69) is 26.0 Å². The Labute approximate surface area is 117 Å². The summed E-state index contributed by atoms with van der Waals surface area (Å²) in [4.78, 5) is 12.3. The first-order valence-corrected chi connectivity index (χ1v) is 7.94. The van der Waals surface area contributed by atoms with E-state index in [0.29, 0.717) is 5.78 Å². The number of unbranched alkanes of at least 4 members (excludes halogenated alkanes) is 2. The number of hydrogen-bond acceptors (Lipinski definition) is 1. The van der Waals surface area contributed by atoms with Gasteiger partial charge in [-0.25, -0.2) is 0 Å². The number of carbonyl (C=O) groups excluding carboxylic acids is 1. The maximum atomic E-state index is 12.3. The van der Waals surface area contributed by atoms with Crippen molar-refractivity contribution in [1.82, 2.24) is 0 Å². The maximum Gasteiger partial charge on any atom is 0.163 e. The lowest BCUT2D eigenvalue weighted by Gasteiger charge is -2.22. The van der Waals surface area contributed by atoms with Crippen LogP contribution in [0.4, 0.5) is 0 Å². The summed E-state index contributed by atoms with van der Waals surface area (Å²) in [6.07, 6.45) is 9.95. The molecule has 0 N–H and O–H groups in total. The van der Waals surface area contributed by atoms with Gasteiger partial charge in [-0.1, -0.05) is 38.8 Å². The first kappa shape index (κ1) is 14.3. The average molecular weight is 258 g/mol. The van der Waals surface area contributed by atoms with Gasteiger partial charge in [-0.15, -0.1) is 0 Å². The Bertz CT molecular complexity index is 445. The molecule has 0 saturated heterocycles. The predicted molar refractivity (Wildman–Crippen MR) is 80.9 cm³/mol. The molecule has 104 valence electrons. The van der Waals surface area contributed by atoms with Gasteiger partial charge in [0, 0.05) is 12.0 Å². The van der Waals surface area contributed by atoms with Crippen molar-refractivity contribution in [3.8, 4) is 0 Å². The third kappa shape index (κ3) is 3.26. The second kappa shape index (κ2) is 6.88. The maximum absolute atomic E-state index is 12.3. The molecule has 0 atom stereocenters. The lowest BCUT2D eigenvalue weighted by Crippen LogP contribution is -2.16. The molecule has 1 aliphatic carbocycles. The van der Waals surface area contributed by atoms with Crippen molar-refractivity contribution in [3.05, 3.63) is 34.4 Å². The number of fused-ring (bicyclic) bond motifs is 1. The second-order valence-corrected chi connectivity index (χ2v) is 5.72. The minimum Gasteiger partial charge on any atom is -0.294 e. The molecule has 0 unspecified atom stereocenters. The molecule has 1 nitrogen and oxygen atoms in total. The molecule has 0 spiro atoms. The molecule has 0 amide bonds. The van der Waals surface area contributed by atoms with Gasteiger partial charge in [0.25, 0.3) is 0 Å². The molecule has 0 aromatic heterocycles. The van der Waals surface area contributed by atoms with Crippen LogP contribution in [-0.4, -0.2) is 5.78 Å². The van der Waals surface area contributed by atoms with Crippen molar-refractivity contribution in [2.75, 3.05) is 0 Å². The van der Waals surface area contributed by atoms with Crippen LogP contribution in [0, 0.1) is 0 Å². The summed E-state index contributed by atoms with van der Waals surface area (Å²) < 4.78 is 0. The van der Waals surface area contributed by atoms with Gasteiger partial charge in [-0.3, -0.25) is 4.79 Å². The lowest BCUT2D eigenvalue weighted by atomic mass is 9.82. The number of carbonyl (C=O) groups is 1. The first-order chi connectivity index (χ1) is 9.27. The summed E-state index contributed by atoms with van der Waals surface area (Å²) in [7, 11) is 0. The number of ketones is 1. The summed E-state index contributed by atoms with van der Waals surface area (Å²) >= 11 is 0. The van der Waals surface area contributed by atoms with E-state index >= 15 is 0 Å². The van der Waals surface area contributed by atoms with Crippen molar-refractivity contribution in [3.63, 3.8) is 0 Å². The molecule has 0 heterocycles. The fourth-order valence-corrected chi connectivity index (χ4v) is 3.10. The second-order valence-electron chi connectivity index (χ2n) is 5.72. The molecule has 1 aromatic rings. The molecular weight excluding hydrogens is 232 g/mol. The fourth-order valence-electron chi connectivity index (χ4n) is 3.10. The molecule has 0 aliphatic heterocycles. The minimum atomic E-state index is 0.394. The number of Topliss-reactive ketones (excluding diaryl/α,β-unsaturated/α-hetero) is 1. The normalized spacial score (nSPS) is 14.5. The molecular formula is C18H26O. The van der Waals surface area contributed by atoms with E-state index in [9.17, 15) is 4.79 Å². The highest BCUT2D eigenvalue weighted by atomic mass is 16.1. The highest BCUT2D eigenvalue weighted by Gasteiger charge is 2.22. The van der Waals surface area contributed by atoms with Gasteiger partial charge in [0.05, 0.1) is 0 Å². The predicted octanol–water partition coefficient (Wildman–Crippen LogP) is 4.89. The van der Waals surface area contributed by atoms with Crippen LogP contribution in [-0.2, 0) is 19.3 Å². The summed E-state index contributed by atoms with van der Waals surface area (Å²) in [6, 6.07) is 4.51. The zero-order chi connectivity index (χ0) is 13.7. The highest BCUT2D eigenvalue weighted by Crippen LogP contribution is 2.29. The van der Waals surface area contributed by atoms with Crippen LogP contribution in [0.1, 0.15) is 79.4 Å². The molecule has 19 heavy (non-hydrogen) atoms. The Morgan fingerprint density at radius 2 is 1.58 bits per heavy atom.